The maximum atomic E-state index is 10.5. The molecule has 1 aromatic rings. The highest BCUT2D eigenvalue weighted by Crippen LogP contribution is 2.27. The highest BCUT2D eigenvalue weighted by molar-refractivity contribution is 5.44. The third-order valence-electron chi connectivity index (χ3n) is 1.86. The molecule has 76 valence electrons. The SMILES string of the molecule is CC(C)(N)c1cc(O)cc([N+](=O)[O-])c1. The highest BCUT2D eigenvalue weighted by Gasteiger charge is 2.19. The smallest absolute Gasteiger partial charge is 0.273 e. The van der Waals surface area contributed by atoms with Gasteiger partial charge in [-0.2, -0.15) is 0 Å². The Morgan fingerprint density at radius 1 is 1.43 bits per heavy atom. The molecule has 0 aromatic heterocycles. The molecule has 1 aromatic carbocycles. The summed E-state index contributed by atoms with van der Waals surface area (Å²) < 4.78 is 0. The van der Waals surface area contributed by atoms with Gasteiger partial charge in [-0.3, -0.25) is 10.1 Å². The van der Waals surface area contributed by atoms with E-state index in [9.17, 15) is 15.2 Å². The Balaban J connectivity index is 3.28. The maximum Gasteiger partial charge on any atom is 0.273 e. The maximum absolute atomic E-state index is 10.5. The minimum absolute atomic E-state index is 0.146. The van der Waals surface area contributed by atoms with Crippen LogP contribution in [0, 0.1) is 10.1 Å². The Morgan fingerprint density at radius 3 is 2.43 bits per heavy atom. The predicted molar refractivity (Wildman–Crippen MR) is 52.0 cm³/mol. The van der Waals surface area contributed by atoms with E-state index in [1.54, 1.807) is 13.8 Å². The van der Waals surface area contributed by atoms with E-state index < -0.39 is 10.5 Å². The fourth-order valence-corrected chi connectivity index (χ4v) is 1.07. The largest absolute Gasteiger partial charge is 0.508 e. The second kappa shape index (κ2) is 3.26. The van der Waals surface area contributed by atoms with Crippen LogP contribution in [0.4, 0.5) is 5.69 Å². The summed E-state index contributed by atoms with van der Waals surface area (Å²) in [5.74, 6) is -0.146. The third kappa shape index (κ3) is 2.20. The summed E-state index contributed by atoms with van der Waals surface area (Å²) in [6.07, 6.45) is 0. The fourth-order valence-electron chi connectivity index (χ4n) is 1.07. The van der Waals surface area contributed by atoms with Gasteiger partial charge in [0.2, 0.25) is 0 Å². The molecule has 0 fully saturated rings. The average Bonchev–Trinajstić information content (AvgIpc) is 2.01. The molecule has 5 heteroatoms. The van der Waals surface area contributed by atoms with Gasteiger partial charge in [0, 0.05) is 11.6 Å². The first-order valence-corrected chi connectivity index (χ1v) is 4.08. The van der Waals surface area contributed by atoms with Crippen molar-refractivity contribution in [3.05, 3.63) is 33.9 Å². The van der Waals surface area contributed by atoms with E-state index in [2.05, 4.69) is 0 Å². The van der Waals surface area contributed by atoms with Gasteiger partial charge in [0.15, 0.2) is 0 Å². The van der Waals surface area contributed by atoms with Gasteiger partial charge in [-0.05, 0) is 25.5 Å². The number of hydrogen-bond acceptors (Lipinski definition) is 4. The summed E-state index contributed by atoms with van der Waals surface area (Å²) >= 11 is 0. The normalized spacial score (nSPS) is 11.4. The summed E-state index contributed by atoms with van der Waals surface area (Å²) in [7, 11) is 0. The lowest BCUT2D eigenvalue weighted by Crippen LogP contribution is -2.28. The topological polar surface area (TPSA) is 89.4 Å². The van der Waals surface area contributed by atoms with Gasteiger partial charge in [0.25, 0.3) is 5.69 Å². The summed E-state index contributed by atoms with van der Waals surface area (Å²) in [4.78, 5) is 9.93. The minimum Gasteiger partial charge on any atom is -0.508 e. The number of phenols is 1. The van der Waals surface area contributed by atoms with Crippen molar-refractivity contribution in [2.45, 2.75) is 19.4 Å². The molecule has 14 heavy (non-hydrogen) atoms. The number of nitro groups is 1. The Kier molecular flexibility index (Phi) is 2.44. The lowest BCUT2D eigenvalue weighted by atomic mass is 9.95. The van der Waals surface area contributed by atoms with Gasteiger partial charge in [-0.15, -0.1) is 0 Å². The molecule has 0 saturated carbocycles. The first-order chi connectivity index (χ1) is 6.30. The summed E-state index contributed by atoms with van der Waals surface area (Å²) in [6, 6.07) is 3.88. The van der Waals surface area contributed by atoms with E-state index >= 15 is 0 Å². The van der Waals surface area contributed by atoms with Crippen molar-refractivity contribution in [1.82, 2.24) is 0 Å². The quantitative estimate of drug-likeness (QED) is 0.554. The van der Waals surface area contributed by atoms with Crippen molar-refractivity contribution in [3.63, 3.8) is 0 Å². The number of aromatic hydroxyl groups is 1. The fraction of sp³-hybridized carbons (Fsp3) is 0.333. The second-order valence-electron chi connectivity index (χ2n) is 3.72. The standard InChI is InChI=1S/C9H12N2O3/c1-9(2,10)6-3-7(11(13)14)5-8(12)4-6/h3-5,12H,10H2,1-2H3. The number of nitrogens with zero attached hydrogens (tertiary/aromatic N) is 1. The molecular formula is C9H12N2O3. The average molecular weight is 196 g/mol. The Hall–Kier alpha value is -1.62. The van der Waals surface area contributed by atoms with E-state index in [1.165, 1.54) is 12.1 Å². The van der Waals surface area contributed by atoms with E-state index in [-0.39, 0.29) is 11.4 Å². The molecule has 0 atom stereocenters. The van der Waals surface area contributed by atoms with E-state index in [4.69, 9.17) is 5.73 Å². The molecule has 0 saturated heterocycles. The van der Waals surface area contributed by atoms with E-state index in [0.717, 1.165) is 6.07 Å². The summed E-state index contributed by atoms with van der Waals surface area (Å²) in [5.41, 5.74) is 5.43. The third-order valence-corrected chi connectivity index (χ3v) is 1.86. The van der Waals surface area contributed by atoms with Gasteiger partial charge in [-0.1, -0.05) is 0 Å². The molecule has 3 N–H and O–H groups in total. The number of rotatable bonds is 2. The molecule has 0 aliphatic rings. The van der Waals surface area contributed by atoms with Gasteiger partial charge < -0.3 is 10.8 Å². The second-order valence-corrected chi connectivity index (χ2v) is 3.72. The van der Waals surface area contributed by atoms with E-state index in [1.807, 2.05) is 0 Å². The van der Waals surface area contributed by atoms with Crippen LogP contribution in [-0.4, -0.2) is 10.0 Å². The van der Waals surface area contributed by atoms with Crippen molar-refractivity contribution in [2.24, 2.45) is 5.73 Å². The monoisotopic (exact) mass is 196 g/mol. The number of benzene rings is 1. The molecule has 0 heterocycles. The lowest BCUT2D eigenvalue weighted by Gasteiger charge is -2.18. The van der Waals surface area contributed by atoms with Crippen molar-refractivity contribution in [3.8, 4) is 5.75 Å². The zero-order chi connectivity index (χ0) is 10.9. The van der Waals surface area contributed by atoms with Crippen LogP contribution in [0.1, 0.15) is 19.4 Å². The number of hydrogen-bond donors (Lipinski definition) is 2. The molecule has 0 unspecified atom stereocenters. The number of nitro benzene ring substituents is 1. The molecule has 0 radical (unpaired) electrons. The minimum atomic E-state index is -0.705. The molecule has 0 aliphatic heterocycles. The first-order valence-electron chi connectivity index (χ1n) is 4.08. The van der Waals surface area contributed by atoms with Crippen LogP contribution in [0.2, 0.25) is 0 Å². The summed E-state index contributed by atoms with van der Waals surface area (Å²) in [5, 5.41) is 19.7. The van der Waals surface area contributed by atoms with Crippen molar-refractivity contribution >= 4 is 5.69 Å². The number of phenolic OH excluding ortho intramolecular Hbond substituents is 1. The van der Waals surface area contributed by atoms with Gasteiger partial charge in [0.05, 0.1) is 11.0 Å². The van der Waals surface area contributed by atoms with Gasteiger partial charge in [0.1, 0.15) is 5.75 Å². The predicted octanol–water partition coefficient (Wildman–Crippen LogP) is 1.49. The highest BCUT2D eigenvalue weighted by atomic mass is 16.6. The van der Waals surface area contributed by atoms with Crippen LogP contribution in [0.15, 0.2) is 18.2 Å². The Bertz CT molecular complexity index is 369. The molecule has 0 bridgehead atoms. The summed E-state index contributed by atoms with van der Waals surface area (Å²) in [6.45, 7) is 3.43. The molecule has 0 aliphatic carbocycles. The van der Waals surface area contributed by atoms with Crippen LogP contribution in [0.25, 0.3) is 0 Å². The van der Waals surface area contributed by atoms with Crippen LogP contribution in [-0.2, 0) is 5.54 Å². The number of nitrogens with two attached hydrogens (primary N) is 1. The lowest BCUT2D eigenvalue weighted by molar-refractivity contribution is -0.385. The Labute approximate surface area is 81.3 Å². The Morgan fingerprint density at radius 2 is 2.00 bits per heavy atom. The van der Waals surface area contributed by atoms with Crippen LogP contribution >= 0.6 is 0 Å². The molecule has 1 rings (SSSR count). The molecule has 5 nitrogen and oxygen atoms in total. The zero-order valence-electron chi connectivity index (χ0n) is 8.02. The van der Waals surface area contributed by atoms with E-state index in [0.29, 0.717) is 5.56 Å². The number of non-ortho nitro benzene ring substituents is 1. The molecule has 0 spiro atoms. The first kappa shape index (κ1) is 10.5. The van der Waals surface area contributed by atoms with Crippen molar-refractivity contribution in [1.29, 1.82) is 0 Å². The van der Waals surface area contributed by atoms with Crippen molar-refractivity contribution in [2.75, 3.05) is 0 Å². The van der Waals surface area contributed by atoms with Crippen LogP contribution in [0.3, 0.4) is 0 Å². The van der Waals surface area contributed by atoms with Crippen molar-refractivity contribution < 1.29 is 10.0 Å². The van der Waals surface area contributed by atoms with Gasteiger partial charge >= 0.3 is 0 Å². The van der Waals surface area contributed by atoms with Gasteiger partial charge in [-0.25, -0.2) is 0 Å². The zero-order valence-corrected chi connectivity index (χ0v) is 8.02. The molecular weight excluding hydrogens is 184 g/mol. The molecule has 0 amide bonds. The van der Waals surface area contributed by atoms with Crippen LogP contribution < -0.4 is 5.73 Å². The van der Waals surface area contributed by atoms with Crippen LogP contribution in [0.5, 0.6) is 5.75 Å².